The number of benzene rings is 1. The summed E-state index contributed by atoms with van der Waals surface area (Å²) < 4.78 is 11.2. The molecule has 10 nitrogen and oxygen atoms in total. The molecule has 0 radical (unpaired) electrons. The van der Waals surface area contributed by atoms with Crippen molar-refractivity contribution >= 4 is 29.3 Å². The van der Waals surface area contributed by atoms with E-state index >= 15 is 0 Å². The summed E-state index contributed by atoms with van der Waals surface area (Å²) in [5.74, 6) is 1.30. The molecule has 1 aromatic carbocycles. The van der Waals surface area contributed by atoms with E-state index in [1.165, 1.54) is 11.3 Å². The lowest BCUT2D eigenvalue weighted by Gasteiger charge is -2.31. The summed E-state index contributed by atoms with van der Waals surface area (Å²) in [4.78, 5) is 34.4. The Morgan fingerprint density at radius 1 is 1.16 bits per heavy atom. The standard InChI is InChI=1S/C22H26N6O4/c1-15(2)31-22(30)27-10-8-17(9-11-27)32-20-12-18(23-14-24-20)25-19-13-21(29)28(26-19)16-6-4-3-5-7-16/h3-7,12,14-15,17H,8-11,13H2,1-2H3,(H,23,24,25,26). The van der Waals surface area contributed by atoms with Crippen LogP contribution in [0, 0.1) is 0 Å². The fourth-order valence-corrected chi connectivity index (χ4v) is 3.49. The van der Waals surface area contributed by atoms with Gasteiger partial charge in [-0.1, -0.05) is 18.2 Å². The lowest BCUT2D eigenvalue weighted by atomic mass is 10.1. The summed E-state index contributed by atoms with van der Waals surface area (Å²) in [6.07, 6.45) is 2.45. The fourth-order valence-electron chi connectivity index (χ4n) is 3.49. The van der Waals surface area contributed by atoms with Gasteiger partial charge in [0.15, 0.2) is 0 Å². The monoisotopic (exact) mass is 438 g/mol. The summed E-state index contributed by atoms with van der Waals surface area (Å²) in [5.41, 5.74) is 0.713. The highest BCUT2D eigenvalue weighted by Gasteiger charge is 2.27. The second-order valence-corrected chi connectivity index (χ2v) is 7.87. The molecule has 10 heteroatoms. The number of aromatic nitrogens is 2. The molecule has 0 saturated carbocycles. The van der Waals surface area contributed by atoms with Crippen molar-refractivity contribution in [3.63, 3.8) is 0 Å². The number of rotatable bonds is 5. The minimum Gasteiger partial charge on any atom is -0.474 e. The van der Waals surface area contributed by atoms with Gasteiger partial charge in [-0.15, -0.1) is 0 Å². The molecule has 2 amide bonds. The van der Waals surface area contributed by atoms with Crippen molar-refractivity contribution in [2.75, 3.05) is 23.4 Å². The number of hydrogen-bond acceptors (Lipinski definition) is 8. The van der Waals surface area contributed by atoms with E-state index in [-0.39, 0.29) is 30.6 Å². The van der Waals surface area contributed by atoms with Gasteiger partial charge in [0.1, 0.15) is 24.1 Å². The summed E-state index contributed by atoms with van der Waals surface area (Å²) in [6.45, 7) is 4.81. The first-order chi connectivity index (χ1) is 15.5. The first-order valence-electron chi connectivity index (χ1n) is 10.6. The lowest BCUT2D eigenvalue weighted by Crippen LogP contribution is -2.42. The Kier molecular flexibility index (Phi) is 6.48. The van der Waals surface area contributed by atoms with Crippen molar-refractivity contribution in [2.45, 2.75) is 45.3 Å². The zero-order chi connectivity index (χ0) is 22.5. The summed E-state index contributed by atoms with van der Waals surface area (Å²) in [5, 5.41) is 8.81. The van der Waals surface area contributed by atoms with E-state index in [1.54, 1.807) is 11.0 Å². The molecule has 0 atom stereocenters. The average Bonchev–Trinajstić information content (AvgIpc) is 3.14. The molecule has 0 aliphatic carbocycles. The number of amidine groups is 1. The minimum atomic E-state index is -0.289. The molecular weight excluding hydrogens is 412 g/mol. The summed E-state index contributed by atoms with van der Waals surface area (Å²) >= 11 is 0. The van der Waals surface area contributed by atoms with Crippen molar-refractivity contribution in [1.82, 2.24) is 14.9 Å². The Morgan fingerprint density at radius 3 is 2.62 bits per heavy atom. The molecule has 2 aliphatic heterocycles. The summed E-state index contributed by atoms with van der Waals surface area (Å²) in [6, 6.07) is 10.9. The van der Waals surface area contributed by atoms with E-state index < -0.39 is 0 Å². The lowest BCUT2D eigenvalue weighted by molar-refractivity contribution is -0.116. The highest BCUT2D eigenvalue weighted by atomic mass is 16.6. The van der Waals surface area contributed by atoms with Gasteiger partial charge in [-0.3, -0.25) is 4.79 Å². The first-order valence-corrected chi connectivity index (χ1v) is 10.6. The van der Waals surface area contributed by atoms with Crippen LogP contribution in [0.15, 0.2) is 47.8 Å². The first kappa shape index (κ1) is 21.5. The van der Waals surface area contributed by atoms with Crippen LogP contribution in [0.2, 0.25) is 0 Å². The SMILES string of the molecule is CC(C)OC(=O)N1CCC(Oc2cc(NC3=NN(c4ccccc4)C(=O)C3)ncn2)CC1. The van der Waals surface area contributed by atoms with Gasteiger partial charge in [-0.05, 0) is 26.0 Å². The Morgan fingerprint density at radius 2 is 1.91 bits per heavy atom. The largest absolute Gasteiger partial charge is 0.474 e. The van der Waals surface area contributed by atoms with Crippen LogP contribution in [0.4, 0.5) is 16.3 Å². The van der Waals surface area contributed by atoms with E-state index in [0.29, 0.717) is 49.2 Å². The van der Waals surface area contributed by atoms with Crippen molar-refractivity contribution in [3.8, 4) is 5.88 Å². The third-order valence-electron chi connectivity index (χ3n) is 5.01. The third kappa shape index (κ3) is 5.32. The van der Waals surface area contributed by atoms with Crippen molar-refractivity contribution < 1.29 is 19.1 Å². The second kappa shape index (κ2) is 9.63. The molecule has 0 spiro atoms. The molecule has 1 N–H and O–H groups in total. The number of hydrogen-bond donors (Lipinski definition) is 1. The Labute approximate surface area is 186 Å². The van der Waals surface area contributed by atoms with Crippen LogP contribution in [-0.2, 0) is 9.53 Å². The molecule has 0 bridgehead atoms. The van der Waals surface area contributed by atoms with Gasteiger partial charge in [0.2, 0.25) is 5.88 Å². The van der Waals surface area contributed by atoms with Gasteiger partial charge in [0.25, 0.3) is 5.91 Å². The number of nitrogens with one attached hydrogen (secondary N) is 1. The van der Waals surface area contributed by atoms with E-state index in [0.717, 1.165) is 0 Å². The van der Waals surface area contributed by atoms with Gasteiger partial charge in [-0.2, -0.15) is 10.1 Å². The number of carbonyl (C=O) groups excluding carboxylic acids is 2. The number of ether oxygens (including phenoxy) is 2. The number of hydrazone groups is 1. The Balaban J connectivity index is 1.33. The number of piperidine rings is 1. The van der Waals surface area contributed by atoms with Crippen LogP contribution in [0.25, 0.3) is 0 Å². The number of amides is 2. The van der Waals surface area contributed by atoms with Crippen LogP contribution < -0.4 is 15.1 Å². The maximum Gasteiger partial charge on any atom is 0.410 e. The fraction of sp³-hybridized carbons (Fsp3) is 0.409. The normalized spacial score (nSPS) is 16.8. The molecule has 1 fully saturated rings. The molecule has 1 saturated heterocycles. The van der Waals surface area contributed by atoms with E-state index in [4.69, 9.17) is 9.47 Å². The maximum absolute atomic E-state index is 12.3. The zero-order valence-corrected chi connectivity index (χ0v) is 18.1. The predicted octanol–water partition coefficient (Wildman–Crippen LogP) is 3.03. The van der Waals surface area contributed by atoms with Gasteiger partial charge >= 0.3 is 6.09 Å². The van der Waals surface area contributed by atoms with E-state index in [2.05, 4.69) is 20.4 Å². The zero-order valence-electron chi connectivity index (χ0n) is 18.1. The van der Waals surface area contributed by atoms with Gasteiger partial charge in [-0.25, -0.2) is 14.8 Å². The number of nitrogens with zero attached hydrogens (tertiary/aromatic N) is 5. The predicted molar refractivity (Wildman–Crippen MR) is 118 cm³/mol. The third-order valence-corrected chi connectivity index (χ3v) is 5.01. The van der Waals surface area contributed by atoms with Gasteiger partial charge in [0, 0.05) is 32.0 Å². The topological polar surface area (TPSA) is 109 Å². The van der Waals surface area contributed by atoms with E-state index in [9.17, 15) is 9.59 Å². The Bertz CT molecular complexity index is 989. The van der Waals surface area contributed by atoms with Crippen LogP contribution in [0.3, 0.4) is 0 Å². The molecule has 168 valence electrons. The quantitative estimate of drug-likeness (QED) is 0.764. The van der Waals surface area contributed by atoms with Crippen LogP contribution >= 0.6 is 0 Å². The number of carbonyl (C=O) groups is 2. The van der Waals surface area contributed by atoms with Crippen LogP contribution in [0.5, 0.6) is 5.88 Å². The van der Waals surface area contributed by atoms with E-state index in [1.807, 2.05) is 44.2 Å². The van der Waals surface area contributed by atoms with Crippen molar-refractivity contribution in [1.29, 1.82) is 0 Å². The molecule has 3 heterocycles. The molecular formula is C22H26N6O4. The highest BCUT2D eigenvalue weighted by Crippen LogP contribution is 2.22. The maximum atomic E-state index is 12.3. The molecule has 2 aromatic rings. The molecule has 32 heavy (non-hydrogen) atoms. The van der Waals surface area contributed by atoms with Crippen LogP contribution in [0.1, 0.15) is 33.1 Å². The number of likely N-dealkylation sites (tertiary alicyclic amines) is 1. The number of anilines is 2. The second-order valence-electron chi connectivity index (χ2n) is 7.87. The van der Waals surface area contributed by atoms with Gasteiger partial charge < -0.3 is 19.7 Å². The smallest absolute Gasteiger partial charge is 0.410 e. The molecule has 2 aliphatic rings. The number of para-hydroxylation sites is 1. The van der Waals surface area contributed by atoms with Crippen molar-refractivity contribution in [3.05, 3.63) is 42.7 Å². The summed E-state index contributed by atoms with van der Waals surface area (Å²) in [7, 11) is 0. The van der Waals surface area contributed by atoms with Gasteiger partial charge in [0.05, 0.1) is 18.2 Å². The minimum absolute atomic E-state index is 0.0557. The Hall–Kier alpha value is -3.69. The van der Waals surface area contributed by atoms with Crippen LogP contribution in [-0.4, -0.2) is 58.0 Å². The molecule has 0 unspecified atom stereocenters. The molecule has 4 rings (SSSR count). The van der Waals surface area contributed by atoms with Crippen molar-refractivity contribution in [2.24, 2.45) is 5.10 Å². The highest BCUT2D eigenvalue weighted by molar-refractivity contribution is 6.16. The molecule has 1 aromatic heterocycles. The average molecular weight is 438 g/mol.